The van der Waals surface area contributed by atoms with Gasteiger partial charge in [0.15, 0.2) is 0 Å². The normalized spacial score (nSPS) is 13.9. The molecule has 1 heterocycles. The summed E-state index contributed by atoms with van der Waals surface area (Å²) >= 11 is 12.3. The van der Waals surface area contributed by atoms with E-state index >= 15 is 0 Å². The first-order chi connectivity index (χ1) is 19.1. The molecule has 40 heavy (non-hydrogen) atoms. The smallest absolute Gasteiger partial charge is 0.387 e. The van der Waals surface area contributed by atoms with E-state index in [2.05, 4.69) is 10.1 Å². The molecule has 1 aromatic heterocycles. The first kappa shape index (κ1) is 27.9. The number of hydrogen-bond donors (Lipinski definition) is 2. The van der Waals surface area contributed by atoms with Gasteiger partial charge in [0.25, 0.3) is 5.91 Å². The van der Waals surface area contributed by atoms with Gasteiger partial charge in [0.1, 0.15) is 11.6 Å². The molecule has 0 spiro atoms. The van der Waals surface area contributed by atoms with Crippen LogP contribution in [0.5, 0.6) is 5.75 Å². The summed E-state index contributed by atoms with van der Waals surface area (Å²) < 4.78 is 48.2. The second-order valence-corrected chi connectivity index (χ2v) is 10.6. The molecule has 4 aromatic rings. The zero-order chi connectivity index (χ0) is 28.6. The lowest BCUT2D eigenvalue weighted by Crippen LogP contribution is -2.30. The molecule has 0 radical (unpaired) electrons. The molecule has 3 aromatic carbocycles. The molecule has 1 atom stereocenters. The van der Waals surface area contributed by atoms with Crippen molar-refractivity contribution >= 4 is 29.1 Å². The SMILES string of the molecule is Cn1ccn(Cc2cc(C(=O)N[C@H](c3ccc(Cl)c(Cl)c3)C3CC3)cc(-c3ccc(F)cc3OC(F)F)c2)c1=N. The Morgan fingerprint density at radius 2 is 1.85 bits per heavy atom. The minimum atomic E-state index is -3.16. The summed E-state index contributed by atoms with van der Waals surface area (Å²) in [5, 5.41) is 12.2. The number of imidazole rings is 1. The second-order valence-electron chi connectivity index (χ2n) is 9.76. The Labute approximate surface area is 238 Å². The predicted molar refractivity (Wildman–Crippen MR) is 146 cm³/mol. The average Bonchev–Trinajstić information content (AvgIpc) is 3.70. The number of aromatic nitrogens is 2. The van der Waals surface area contributed by atoms with Gasteiger partial charge in [-0.15, -0.1) is 0 Å². The molecule has 1 aliphatic carbocycles. The summed E-state index contributed by atoms with van der Waals surface area (Å²) in [6.07, 6.45) is 5.34. The predicted octanol–water partition coefficient (Wildman–Crippen LogP) is 6.95. The second kappa shape index (κ2) is 11.4. The molecule has 0 saturated heterocycles. The van der Waals surface area contributed by atoms with Crippen molar-refractivity contribution in [3.05, 3.63) is 105 Å². The zero-order valence-electron chi connectivity index (χ0n) is 21.3. The Hall–Kier alpha value is -3.69. The van der Waals surface area contributed by atoms with Gasteiger partial charge in [-0.1, -0.05) is 29.3 Å². The minimum absolute atomic E-state index is 0.199. The van der Waals surface area contributed by atoms with E-state index in [4.69, 9.17) is 28.6 Å². The third-order valence-electron chi connectivity index (χ3n) is 6.84. The third kappa shape index (κ3) is 6.21. The lowest BCUT2D eigenvalue weighted by atomic mass is 9.97. The van der Waals surface area contributed by atoms with E-state index in [1.807, 2.05) is 6.07 Å². The van der Waals surface area contributed by atoms with Crippen LogP contribution >= 0.6 is 23.2 Å². The largest absolute Gasteiger partial charge is 0.434 e. The zero-order valence-corrected chi connectivity index (χ0v) is 22.8. The highest BCUT2D eigenvalue weighted by molar-refractivity contribution is 6.42. The summed E-state index contributed by atoms with van der Waals surface area (Å²) in [6.45, 7) is -2.93. The van der Waals surface area contributed by atoms with Crippen molar-refractivity contribution in [2.24, 2.45) is 13.0 Å². The molecule has 1 amide bonds. The first-order valence-electron chi connectivity index (χ1n) is 12.5. The number of ether oxygens (including phenoxy) is 1. The standard InChI is InChI=1S/C29H25Cl2F3N4O2/c1-37-8-9-38(29(37)35)15-16-10-19(22-6-5-21(32)14-25(22)40-28(33)34)12-20(11-16)27(39)36-26(17-2-3-17)18-4-7-23(30)24(31)13-18/h4-14,17,26,28,35H,2-3,15H2,1H3,(H,36,39)/t26-/m0/s1. The van der Waals surface area contributed by atoms with E-state index in [9.17, 15) is 18.0 Å². The van der Waals surface area contributed by atoms with E-state index in [1.54, 1.807) is 58.9 Å². The highest BCUT2D eigenvalue weighted by atomic mass is 35.5. The number of carbonyl (C=O) groups is 1. The number of amides is 1. The highest BCUT2D eigenvalue weighted by Gasteiger charge is 2.34. The van der Waals surface area contributed by atoms with Crippen LogP contribution < -0.4 is 15.7 Å². The molecule has 11 heteroatoms. The van der Waals surface area contributed by atoms with Crippen molar-refractivity contribution < 1.29 is 22.7 Å². The molecular weight excluding hydrogens is 564 g/mol. The van der Waals surface area contributed by atoms with Crippen molar-refractivity contribution in [3.63, 3.8) is 0 Å². The summed E-state index contributed by atoms with van der Waals surface area (Å²) in [7, 11) is 1.74. The number of carbonyl (C=O) groups excluding carboxylic acids is 1. The van der Waals surface area contributed by atoms with Crippen LogP contribution in [-0.4, -0.2) is 21.7 Å². The fourth-order valence-corrected chi connectivity index (χ4v) is 4.99. The summed E-state index contributed by atoms with van der Waals surface area (Å²) in [5.74, 6) is -1.23. The summed E-state index contributed by atoms with van der Waals surface area (Å²) in [5.41, 5.74) is 2.55. The quantitative estimate of drug-likeness (QED) is 0.222. The molecule has 1 saturated carbocycles. The van der Waals surface area contributed by atoms with Gasteiger partial charge < -0.3 is 19.2 Å². The Morgan fingerprint density at radius 1 is 1.07 bits per heavy atom. The Bertz CT molecular complexity index is 1630. The van der Waals surface area contributed by atoms with Crippen molar-refractivity contribution in [1.29, 1.82) is 5.41 Å². The number of alkyl halides is 2. The molecular formula is C29H25Cl2F3N4O2. The van der Waals surface area contributed by atoms with Gasteiger partial charge in [-0.3, -0.25) is 10.2 Å². The number of rotatable bonds is 9. The number of nitrogens with zero attached hydrogens (tertiary/aromatic N) is 2. The van der Waals surface area contributed by atoms with E-state index in [0.717, 1.165) is 30.5 Å². The van der Waals surface area contributed by atoms with Gasteiger partial charge >= 0.3 is 6.61 Å². The number of halogens is 5. The van der Waals surface area contributed by atoms with Gasteiger partial charge in [0.2, 0.25) is 5.62 Å². The fourth-order valence-electron chi connectivity index (χ4n) is 4.68. The fraction of sp³-hybridized carbons (Fsp3) is 0.241. The molecule has 1 aliphatic rings. The Kier molecular flexibility index (Phi) is 7.96. The van der Waals surface area contributed by atoms with E-state index in [-0.39, 0.29) is 46.9 Å². The van der Waals surface area contributed by atoms with E-state index in [1.165, 1.54) is 6.07 Å². The van der Waals surface area contributed by atoms with Crippen LogP contribution in [0.1, 0.15) is 40.4 Å². The number of hydrogen-bond acceptors (Lipinski definition) is 3. The molecule has 208 valence electrons. The van der Waals surface area contributed by atoms with Crippen LogP contribution in [-0.2, 0) is 13.6 Å². The maximum absolute atomic E-state index is 13.9. The van der Waals surface area contributed by atoms with Crippen LogP contribution in [0, 0.1) is 17.1 Å². The molecule has 0 aliphatic heterocycles. The minimum Gasteiger partial charge on any atom is -0.434 e. The number of aryl methyl sites for hydroxylation is 1. The van der Waals surface area contributed by atoms with E-state index < -0.39 is 12.4 Å². The molecule has 0 bridgehead atoms. The first-order valence-corrected chi connectivity index (χ1v) is 13.3. The van der Waals surface area contributed by atoms with Crippen LogP contribution in [0.25, 0.3) is 11.1 Å². The average molecular weight is 589 g/mol. The van der Waals surface area contributed by atoms with E-state index in [0.29, 0.717) is 21.2 Å². The van der Waals surface area contributed by atoms with Crippen LogP contribution in [0.15, 0.2) is 67.0 Å². The molecule has 1 fully saturated rings. The molecule has 2 N–H and O–H groups in total. The number of nitrogens with one attached hydrogen (secondary N) is 2. The lowest BCUT2D eigenvalue weighted by Gasteiger charge is -2.20. The van der Waals surface area contributed by atoms with Crippen molar-refractivity contribution in [2.75, 3.05) is 0 Å². The monoisotopic (exact) mass is 588 g/mol. The van der Waals surface area contributed by atoms with Crippen molar-refractivity contribution in [2.45, 2.75) is 32.0 Å². The third-order valence-corrected chi connectivity index (χ3v) is 7.58. The Balaban J connectivity index is 1.55. The van der Waals surface area contributed by atoms with Gasteiger partial charge in [-0.25, -0.2) is 4.39 Å². The maximum atomic E-state index is 13.9. The lowest BCUT2D eigenvalue weighted by molar-refractivity contribution is -0.0496. The van der Waals surface area contributed by atoms with Crippen LogP contribution in [0.2, 0.25) is 10.0 Å². The van der Waals surface area contributed by atoms with Crippen molar-refractivity contribution in [3.8, 4) is 16.9 Å². The molecule has 5 rings (SSSR count). The Morgan fingerprint density at radius 3 is 2.50 bits per heavy atom. The van der Waals surface area contributed by atoms with Gasteiger partial charge in [0, 0.05) is 36.6 Å². The highest BCUT2D eigenvalue weighted by Crippen LogP contribution is 2.42. The van der Waals surface area contributed by atoms with Crippen molar-refractivity contribution in [1.82, 2.24) is 14.5 Å². The number of benzene rings is 3. The molecule has 0 unspecified atom stereocenters. The summed E-state index contributed by atoms with van der Waals surface area (Å²) in [6, 6.07) is 13.3. The summed E-state index contributed by atoms with van der Waals surface area (Å²) in [4.78, 5) is 13.7. The van der Waals surface area contributed by atoms with Crippen LogP contribution in [0.4, 0.5) is 13.2 Å². The molecule has 6 nitrogen and oxygen atoms in total. The van der Waals surface area contributed by atoms with Gasteiger partial charge in [-0.05, 0) is 77.9 Å². The topological polar surface area (TPSA) is 72.0 Å². The van der Waals surface area contributed by atoms with Gasteiger partial charge in [0.05, 0.1) is 22.6 Å². The maximum Gasteiger partial charge on any atom is 0.387 e. The van der Waals surface area contributed by atoms with Gasteiger partial charge in [-0.2, -0.15) is 8.78 Å². The van der Waals surface area contributed by atoms with Crippen LogP contribution in [0.3, 0.4) is 0 Å².